The Hall–Kier alpha value is -2.87. The third kappa shape index (κ3) is 4.27. The molecule has 0 N–H and O–H groups in total. The van der Waals surface area contributed by atoms with Crippen molar-refractivity contribution in [3.05, 3.63) is 52.5 Å². The Balaban J connectivity index is 1.37. The zero-order valence-electron chi connectivity index (χ0n) is 16.1. The molecule has 2 aromatic rings. The van der Waals surface area contributed by atoms with E-state index in [1.807, 2.05) is 28.5 Å². The maximum Gasteiger partial charge on any atom is 0.414 e. The summed E-state index contributed by atoms with van der Waals surface area (Å²) in [7, 11) is 0. The maximum absolute atomic E-state index is 14.7. The fraction of sp³-hybridized carbons (Fsp3) is 0.333. The molecule has 4 rings (SSSR count). The highest BCUT2D eigenvalue weighted by atomic mass is 32.1. The molecule has 0 radical (unpaired) electrons. The average Bonchev–Trinajstić information content (AvgIpc) is 3.35. The number of carbonyl (C=O) groups excluding carboxylic acids is 2. The summed E-state index contributed by atoms with van der Waals surface area (Å²) in [6.45, 7) is 4.39. The highest BCUT2D eigenvalue weighted by Gasteiger charge is 2.30. The van der Waals surface area contributed by atoms with Crippen LogP contribution in [-0.4, -0.2) is 55.7 Å². The summed E-state index contributed by atoms with van der Waals surface area (Å²) in [6.07, 6.45) is 2.76. The molecule has 1 atom stereocenters. The molecular weight excluding hydrogens is 393 g/mol. The van der Waals surface area contributed by atoms with Crippen LogP contribution in [0, 0.1) is 5.82 Å². The zero-order chi connectivity index (χ0) is 20.4. The molecule has 29 heavy (non-hydrogen) atoms. The molecule has 2 aliphatic heterocycles. The number of hydrogen-bond donors (Lipinski definition) is 0. The van der Waals surface area contributed by atoms with Crippen LogP contribution < -0.4 is 9.80 Å². The number of amides is 2. The molecule has 0 bridgehead atoms. The third-order valence-electron chi connectivity index (χ3n) is 5.07. The van der Waals surface area contributed by atoms with Crippen molar-refractivity contribution < 1.29 is 18.7 Å². The lowest BCUT2D eigenvalue weighted by atomic mass is 10.2. The highest BCUT2D eigenvalue weighted by molar-refractivity contribution is 7.10. The van der Waals surface area contributed by atoms with Crippen LogP contribution in [0.2, 0.25) is 0 Å². The van der Waals surface area contributed by atoms with Gasteiger partial charge in [0.25, 0.3) is 0 Å². The molecule has 1 aromatic carbocycles. The fourth-order valence-corrected chi connectivity index (χ4v) is 4.17. The van der Waals surface area contributed by atoms with Gasteiger partial charge in [-0.25, -0.2) is 9.18 Å². The first-order valence-corrected chi connectivity index (χ1v) is 10.4. The predicted molar refractivity (Wildman–Crippen MR) is 112 cm³/mol. The van der Waals surface area contributed by atoms with E-state index in [4.69, 9.17) is 4.74 Å². The van der Waals surface area contributed by atoms with Gasteiger partial charge in [0, 0.05) is 37.1 Å². The number of benzene rings is 1. The predicted octanol–water partition coefficient (Wildman–Crippen LogP) is 3.59. The molecule has 0 aliphatic carbocycles. The first-order chi connectivity index (χ1) is 14.0. The second-order valence-corrected chi connectivity index (χ2v) is 8.08. The normalized spacial score (nSPS) is 19.9. The molecule has 152 valence electrons. The SMILES string of the molecule is C[C@H]1CN(c2ccc(N3CCN(C(=O)/C=C/c4cccs4)CC3)c(F)c2)C(=O)O1. The minimum Gasteiger partial charge on any atom is -0.444 e. The maximum atomic E-state index is 14.7. The minimum absolute atomic E-state index is 0.0319. The monoisotopic (exact) mass is 415 g/mol. The van der Waals surface area contributed by atoms with Crippen LogP contribution in [0.15, 0.2) is 41.8 Å². The molecule has 3 heterocycles. The first kappa shape index (κ1) is 19.4. The van der Waals surface area contributed by atoms with Crippen LogP contribution in [0.5, 0.6) is 0 Å². The summed E-state index contributed by atoms with van der Waals surface area (Å²) in [5.41, 5.74) is 0.976. The van der Waals surface area contributed by atoms with E-state index >= 15 is 0 Å². The van der Waals surface area contributed by atoms with E-state index in [9.17, 15) is 14.0 Å². The number of anilines is 2. The largest absolute Gasteiger partial charge is 0.444 e. The van der Waals surface area contributed by atoms with Gasteiger partial charge in [-0.15, -0.1) is 11.3 Å². The molecule has 8 heteroatoms. The van der Waals surface area contributed by atoms with E-state index in [2.05, 4.69) is 0 Å². The van der Waals surface area contributed by atoms with Crippen molar-refractivity contribution in [2.24, 2.45) is 0 Å². The molecule has 1 aromatic heterocycles. The van der Waals surface area contributed by atoms with Crippen molar-refractivity contribution in [1.82, 2.24) is 4.90 Å². The van der Waals surface area contributed by atoms with Crippen LogP contribution in [0.1, 0.15) is 11.8 Å². The highest BCUT2D eigenvalue weighted by Crippen LogP contribution is 2.28. The number of nitrogens with zero attached hydrogens (tertiary/aromatic N) is 3. The van der Waals surface area contributed by atoms with E-state index in [1.54, 1.807) is 41.4 Å². The van der Waals surface area contributed by atoms with Gasteiger partial charge in [0.15, 0.2) is 0 Å². The lowest BCUT2D eigenvalue weighted by Gasteiger charge is -2.36. The van der Waals surface area contributed by atoms with Crippen molar-refractivity contribution in [3.8, 4) is 0 Å². The second kappa shape index (κ2) is 8.24. The van der Waals surface area contributed by atoms with E-state index in [0.717, 1.165) is 4.88 Å². The summed E-state index contributed by atoms with van der Waals surface area (Å²) >= 11 is 1.58. The number of halogens is 1. The standard InChI is InChI=1S/C21H22FN3O3S/c1-15-14-25(21(27)28-15)16-4-6-19(18(22)13-16)23-8-10-24(11-9-23)20(26)7-5-17-3-2-12-29-17/h2-7,12-13,15H,8-11,14H2,1H3/b7-5+/t15-/m0/s1. The summed E-state index contributed by atoms with van der Waals surface area (Å²) in [5.74, 6) is -0.414. The first-order valence-electron chi connectivity index (χ1n) is 9.54. The molecule has 2 amide bonds. The smallest absolute Gasteiger partial charge is 0.414 e. The number of rotatable bonds is 4. The van der Waals surface area contributed by atoms with E-state index < -0.39 is 6.09 Å². The van der Waals surface area contributed by atoms with Crippen LogP contribution >= 0.6 is 11.3 Å². The topological polar surface area (TPSA) is 53.1 Å². The van der Waals surface area contributed by atoms with Gasteiger partial charge in [0.2, 0.25) is 5.91 Å². The quantitative estimate of drug-likeness (QED) is 0.716. The Kier molecular flexibility index (Phi) is 5.53. The molecule has 2 aliphatic rings. The van der Waals surface area contributed by atoms with E-state index in [-0.39, 0.29) is 17.8 Å². The molecule has 0 unspecified atom stereocenters. The molecule has 2 fully saturated rings. The van der Waals surface area contributed by atoms with Crippen LogP contribution in [0.4, 0.5) is 20.6 Å². The number of thiophene rings is 1. The molecule has 2 saturated heterocycles. The Bertz CT molecular complexity index is 923. The van der Waals surface area contributed by atoms with Gasteiger partial charge in [-0.2, -0.15) is 0 Å². The van der Waals surface area contributed by atoms with Gasteiger partial charge in [-0.3, -0.25) is 9.69 Å². The summed E-state index contributed by atoms with van der Waals surface area (Å²) in [5, 5.41) is 1.97. The van der Waals surface area contributed by atoms with Crippen molar-refractivity contribution in [1.29, 1.82) is 0 Å². The summed E-state index contributed by atoms with van der Waals surface area (Å²) < 4.78 is 19.8. The molecule has 0 saturated carbocycles. The van der Waals surface area contributed by atoms with E-state index in [0.29, 0.717) is 44.1 Å². The zero-order valence-corrected chi connectivity index (χ0v) is 16.9. The van der Waals surface area contributed by atoms with Gasteiger partial charge < -0.3 is 14.5 Å². The number of piperazine rings is 1. The Morgan fingerprint density at radius 2 is 2.03 bits per heavy atom. The average molecular weight is 415 g/mol. The van der Waals surface area contributed by atoms with Crippen LogP contribution in [0.3, 0.4) is 0 Å². The minimum atomic E-state index is -0.452. The molecular formula is C21H22FN3O3S. The number of cyclic esters (lactones) is 1. The second-order valence-electron chi connectivity index (χ2n) is 7.10. The van der Waals surface area contributed by atoms with Crippen LogP contribution in [-0.2, 0) is 9.53 Å². The Morgan fingerprint density at radius 1 is 1.24 bits per heavy atom. The lowest BCUT2D eigenvalue weighted by Crippen LogP contribution is -2.48. The third-order valence-corrected chi connectivity index (χ3v) is 5.91. The van der Waals surface area contributed by atoms with Crippen molar-refractivity contribution in [2.75, 3.05) is 42.5 Å². The van der Waals surface area contributed by atoms with Crippen molar-refractivity contribution in [2.45, 2.75) is 13.0 Å². The number of hydrogen-bond acceptors (Lipinski definition) is 5. The lowest BCUT2D eigenvalue weighted by molar-refractivity contribution is -0.126. The van der Waals surface area contributed by atoms with Gasteiger partial charge in [-0.05, 0) is 42.6 Å². The van der Waals surface area contributed by atoms with Gasteiger partial charge in [0.05, 0.1) is 17.9 Å². The van der Waals surface area contributed by atoms with Gasteiger partial charge in [-0.1, -0.05) is 6.07 Å². The number of ether oxygens (including phenoxy) is 1. The van der Waals surface area contributed by atoms with Crippen molar-refractivity contribution >= 4 is 40.8 Å². The van der Waals surface area contributed by atoms with Gasteiger partial charge >= 0.3 is 6.09 Å². The number of carbonyl (C=O) groups is 2. The van der Waals surface area contributed by atoms with Crippen molar-refractivity contribution in [3.63, 3.8) is 0 Å². The summed E-state index contributed by atoms with van der Waals surface area (Å²) in [6, 6.07) is 8.70. The van der Waals surface area contributed by atoms with Gasteiger partial charge in [0.1, 0.15) is 11.9 Å². The molecule has 0 spiro atoms. The van der Waals surface area contributed by atoms with E-state index in [1.165, 1.54) is 11.0 Å². The summed E-state index contributed by atoms with van der Waals surface area (Å²) in [4.78, 5) is 30.4. The fourth-order valence-electron chi connectivity index (χ4n) is 3.55. The Labute approximate surface area is 172 Å². The van der Waals surface area contributed by atoms with Crippen LogP contribution in [0.25, 0.3) is 6.08 Å². The Morgan fingerprint density at radius 3 is 2.66 bits per heavy atom. The molecule has 6 nitrogen and oxygen atoms in total.